The smallest absolute Gasteiger partial charge is 0.305 e. The van der Waals surface area contributed by atoms with E-state index in [1.807, 2.05) is 18.2 Å². The maximum absolute atomic E-state index is 11.9. The number of carbonyl (C=O) groups is 2. The Bertz CT molecular complexity index is 684. The van der Waals surface area contributed by atoms with E-state index in [0.29, 0.717) is 19.3 Å². The molecular weight excluding hydrogens is 504 g/mol. The van der Waals surface area contributed by atoms with E-state index in [1.165, 1.54) is 32.1 Å². The number of carbonyl (C=O) groups excluding carboxylic acids is 2. The molecule has 0 heterocycles. The summed E-state index contributed by atoms with van der Waals surface area (Å²) in [6, 6.07) is 0. The zero-order chi connectivity index (χ0) is 29.7. The maximum atomic E-state index is 11.9. The zero-order valence-electron chi connectivity index (χ0n) is 25.9. The molecule has 0 saturated carbocycles. The predicted octanol–water partition coefficient (Wildman–Crippen LogP) is 8.16. The summed E-state index contributed by atoms with van der Waals surface area (Å²) < 4.78 is 10.2. The van der Waals surface area contributed by atoms with Crippen LogP contribution in [-0.2, 0) is 19.1 Å². The van der Waals surface area contributed by atoms with Crippen LogP contribution in [0.3, 0.4) is 0 Å². The summed E-state index contributed by atoms with van der Waals surface area (Å²) >= 11 is 0. The first-order valence-corrected chi connectivity index (χ1v) is 16.0. The van der Waals surface area contributed by atoms with Crippen molar-refractivity contribution < 1.29 is 29.3 Å². The number of allylic oxidation sites excluding steroid dienone is 4. The van der Waals surface area contributed by atoms with E-state index in [1.54, 1.807) is 6.08 Å². The summed E-state index contributed by atoms with van der Waals surface area (Å²) in [6.07, 6.45) is 28.1. The normalized spacial score (nSPS) is 14.2. The van der Waals surface area contributed by atoms with Gasteiger partial charge in [0.1, 0.15) is 19.3 Å². The van der Waals surface area contributed by atoms with Gasteiger partial charge in [-0.25, -0.2) is 0 Å². The molecule has 0 saturated heterocycles. The maximum Gasteiger partial charge on any atom is 0.305 e. The van der Waals surface area contributed by atoms with Crippen LogP contribution in [0.1, 0.15) is 136 Å². The average molecular weight is 565 g/mol. The van der Waals surface area contributed by atoms with Crippen LogP contribution in [-0.4, -0.2) is 47.6 Å². The van der Waals surface area contributed by atoms with Crippen LogP contribution in [0.15, 0.2) is 36.5 Å². The van der Waals surface area contributed by atoms with Crippen LogP contribution in [0.2, 0.25) is 0 Å². The van der Waals surface area contributed by atoms with Crippen LogP contribution in [0.25, 0.3) is 0 Å². The molecule has 0 spiro atoms. The molecule has 0 amide bonds. The first-order chi connectivity index (χ1) is 19.4. The lowest BCUT2D eigenvalue weighted by Gasteiger charge is -2.12. The van der Waals surface area contributed by atoms with Crippen molar-refractivity contribution in [3.05, 3.63) is 36.5 Å². The van der Waals surface area contributed by atoms with Gasteiger partial charge in [-0.1, -0.05) is 121 Å². The summed E-state index contributed by atoms with van der Waals surface area (Å²) in [5.41, 5.74) is 0. The third-order valence-electron chi connectivity index (χ3n) is 7.01. The summed E-state index contributed by atoms with van der Waals surface area (Å²) in [5.74, 6) is 0.196. The lowest BCUT2D eigenvalue weighted by Crippen LogP contribution is -2.25. The quantitative estimate of drug-likeness (QED) is 0.0452. The van der Waals surface area contributed by atoms with E-state index in [9.17, 15) is 19.8 Å². The largest absolute Gasteiger partial charge is 0.463 e. The van der Waals surface area contributed by atoms with Gasteiger partial charge in [-0.05, 0) is 44.4 Å². The number of aliphatic hydroxyl groups excluding tert-OH is 2. The average Bonchev–Trinajstić information content (AvgIpc) is 2.94. The van der Waals surface area contributed by atoms with Crippen molar-refractivity contribution in [1.82, 2.24) is 0 Å². The van der Waals surface area contributed by atoms with Crippen molar-refractivity contribution in [1.29, 1.82) is 0 Å². The highest BCUT2D eigenvalue weighted by Crippen LogP contribution is 2.14. The molecule has 6 nitrogen and oxygen atoms in total. The fourth-order valence-electron chi connectivity index (χ4n) is 4.15. The lowest BCUT2D eigenvalue weighted by atomic mass is 10.00. The van der Waals surface area contributed by atoms with Crippen molar-refractivity contribution in [2.24, 2.45) is 5.92 Å². The Morgan fingerprint density at radius 2 is 1.25 bits per heavy atom. The summed E-state index contributed by atoms with van der Waals surface area (Å²) in [4.78, 5) is 23.7. The summed E-state index contributed by atoms with van der Waals surface area (Å²) in [7, 11) is 0. The molecule has 0 aromatic heterocycles. The second-order valence-electron chi connectivity index (χ2n) is 11.0. The Labute approximate surface area is 245 Å². The highest BCUT2D eigenvalue weighted by molar-refractivity contribution is 5.69. The minimum Gasteiger partial charge on any atom is -0.463 e. The van der Waals surface area contributed by atoms with Crippen molar-refractivity contribution in [3.8, 4) is 0 Å². The van der Waals surface area contributed by atoms with Gasteiger partial charge in [-0.2, -0.15) is 0 Å². The van der Waals surface area contributed by atoms with Gasteiger partial charge in [0.2, 0.25) is 0 Å². The van der Waals surface area contributed by atoms with E-state index >= 15 is 0 Å². The molecular formula is C34H60O6. The summed E-state index contributed by atoms with van der Waals surface area (Å²) in [5, 5.41) is 19.7. The van der Waals surface area contributed by atoms with Gasteiger partial charge >= 0.3 is 11.9 Å². The topological polar surface area (TPSA) is 93.1 Å². The molecule has 6 heteroatoms. The molecule has 0 aliphatic rings. The van der Waals surface area contributed by atoms with Gasteiger partial charge in [0.05, 0.1) is 6.10 Å². The van der Waals surface area contributed by atoms with E-state index in [-0.39, 0.29) is 25.2 Å². The number of aliphatic hydroxyl groups is 2. The molecule has 0 aliphatic heterocycles. The predicted molar refractivity (Wildman–Crippen MR) is 165 cm³/mol. The molecule has 0 radical (unpaired) electrons. The van der Waals surface area contributed by atoms with E-state index in [2.05, 4.69) is 32.9 Å². The van der Waals surface area contributed by atoms with Gasteiger partial charge in [0.15, 0.2) is 0 Å². The third kappa shape index (κ3) is 27.6. The number of rotatable bonds is 27. The van der Waals surface area contributed by atoms with Crippen molar-refractivity contribution in [2.45, 2.75) is 149 Å². The molecule has 0 rings (SSSR count). The number of esters is 2. The van der Waals surface area contributed by atoms with Crippen LogP contribution in [0, 0.1) is 5.92 Å². The van der Waals surface area contributed by atoms with Gasteiger partial charge in [-0.3, -0.25) is 9.59 Å². The van der Waals surface area contributed by atoms with Crippen molar-refractivity contribution in [2.75, 3.05) is 13.2 Å². The van der Waals surface area contributed by atoms with Crippen molar-refractivity contribution >= 4 is 11.9 Å². The number of unbranched alkanes of at least 4 members (excludes halogenated alkanes) is 10. The molecule has 0 aromatic carbocycles. The molecule has 2 unspecified atom stereocenters. The van der Waals surface area contributed by atoms with Crippen LogP contribution >= 0.6 is 0 Å². The monoisotopic (exact) mass is 564 g/mol. The SMILES string of the molecule is CC/C=C/CC(O)/C=C/C=C/CCCCCCCC(=O)OC[C@H](O)COC(=O)CCCCCCCCC(C)CC. The van der Waals surface area contributed by atoms with E-state index in [0.717, 1.165) is 70.1 Å². The Morgan fingerprint density at radius 1 is 0.700 bits per heavy atom. The van der Waals surface area contributed by atoms with Gasteiger partial charge in [0, 0.05) is 12.8 Å². The highest BCUT2D eigenvalue weighted by Gasteiger charge is 2.12. The number of hydrogen-bond acceptors (Lipinski definition) is 6. The van der Waals surface area contributed by atoms with Crippen LogP contribution in [0.5, 0.6) is 0 Å². The Kier molecular flexibility index (Phi) is 27.2. The Hall–Kier alpha value is -1.92. The fraction of sp³-hybridized carbons (Fsp3) is 0.765. The van der Waals surface area contributed by atoms with Gasteiger partial charge < -0.3 is 19.7 Å². The molecule has 40 heavy (non-hydrogen) atoms. The van der Waals surface area contributed by atoms with Crippen LogP contribution < -0.4 is 0 Å². The third-order valence-corrected chi connectivity index (χ3v) is 7.01. The summed E-state index contributed by atoms with van der Waals surface area (Å²) in [6.45, 7) is 6.34. The van der Waals surface area contributed by atoms with Gasteiger partial charge in [-0.15, -0.1) is 0 Å². The highest BCUT2D eigenvalue weighted by atomic mass is 16.6. The molecule has 2 N–H and O–H groups in total. The second kappa shape index (κ2) is 28.6. The standard InChI is InChI=1S/C34H60O6/c1-4-6-18-24-31(35)25-20-15-10-8-7-9-11-16-21-26-33(37)39-28-32(36)29-40-34(38)27-22-17-13-12-14-19-23-30(3)5-2/h6,10,15,18,20,25,30-32,35-36H,4-5,7-9,11-14,16-17,19,21-24,26-29H2,1-3H3/b15-10+,18-6+,25-20+/t30?,31?,32-/m0/s1. The first-order valence-electron chi connectivity index (χ1n) is 16.0. The van der Waals surface area contributed by atoms with E-state index < -0.39 is 12.2 Å². The van der Waals surface area contributed by atoms with Crippen LogP contribution in [0.4, 0.5) is 0 Å². The molecule has 232 valence electrons. The molecule has 0 aliphatic carbocycles. The minimum atomic E-state index is -0.984. The van der Waals surface area contributed by atoms with Gasteiger partial charge in [0.25, 0.3) is 0 Å². The molecule has 0 fully saturated rings. The zero-order valence-corrected chi connectivity index (χ0v) is 25.9. The Morgan fingerprint density at radius 3 is 1.82 bits per heavy atom. The molecule has 0 aromatic rings. The molecule has 3 atom stereocenters. The fourth-order valence-corrected chi connectivity index (χ4v) is 4.15. The second-order valence-corrected chi connectivity index (χ2v) is 11.0. The lowest BCUT2D eigenvalue weighted by molar-refractivity contribution is -0.152. The van der Waals surface area contributed by atoms with Crippen molar-refractivity contribution in [3.63, 3.8) is 0 Å². The Balaban J connectivity index is 3.57. The van der Waals surface area contributed by atoms with E-state index in [4.69, 9.17) is 9.47 Å². The minimum absolute atomic E-state index is 0.136. The number of hydrogen-bond donors (Lipinski definition) is 2. The number of ether oxygens (including phenoxy) is 2. The molecule has 0 bridgehead atoms. The first kappa shape index (κ1) is 38.1.